The molecule has 3 rings (SSSR count). The van der Waals surface area contributed by atoms with Gasteiger partial charge < -0.3 is 20.1 Å². The Morgan fingerprint density at radius 3 is 2.44 bits per heavy atom. The van der Waals surface area contributed by atoms with Gasteiger partial charge in [-0.15, -0.1) is 0 Å². The summed E-state index contributed by atoms with van der Waals surface area (Å²) < 4.78 is 37.4. The predicted molar refractivity (Wildman–Crippen MR) is 129 cm³/mol. The summed E-state index contributed by atoms with van der Waals surface area (Å²) in [5, 5.41) is 5.87. The molecule has 2 aromatic rings. The molecule has 0 aliphatic carbocycles. The number of carbonyl (C=O) groups excluding carboxylic acids is 2. The summed E-state index contributed by atoms with van der Waals surface area (Å²) in [5.74, 6) is -1.12. The molecule has 0 saturated carbocycles. The number of anilines is 2. The second-order valence-corrected chi connectivity index (χ2v) is 9.84. The first-order valence-electron chi connectivity index (χ1n) is 11.4. The van der Waals surface area contributed by atoms with Crippen LogP contribution in [0.15, 0.2) is 53.4 Å². The van der Waals surface area contributed by atoms with Gasteiger partial charge in [-0.05, 0) is 49.7 Å². The van der Waals surface area contributed by atoms with Crippen molar-refractivity contribution in [1.82, 2.24) is 4.31 Å². The molecule has 1 amide bonds. The Morgan fingerprint density at radius 1 is 1.09 bits per heavy atom. The molecule has 1 fully saturated rings. The number of nitrogens with one attached hydrogen (secondary N) is 2. The predicted octanol–water partition coefficient (Wildman–Crippen LogP) is 3.10. The number of rotatable bonds is 10. The molecule has 1 aliphatic rings. The lowest BCUT2D eigenvalue weighted by Crippen LogP contribution is -2.40. The average molecular weight is 490 g/mol. The van der Waals surface area contributed by atoms with Gasteiger partial charge in [0.25, 0.3) is 5.91 Å². The number of esters is 1. The van der Waals surface area contributed by atoms with Crippen LogP contribution in [0.1, 0.15) is 37.0 Å². The number of hydrogen-bond donors (Lipinski definition) is 2. The summed E-state index contributed by atoms with van der Waals surface area (Å²) in [5.41, 5.74) is 1.41. The highest BCUT2D eigenvalue weighted by atomic mass is 32.2. The fourth-order valence-corrected chi connectivity index (χ4v) is 4.79. The molecule has 1 atom stereocenters. The van der Waals surface area contributed by atoms with Crippen molar-refractivity contribution in [2.45, 2.75) is 37.7 Å². The molecule has 0 bridgehead atoms. The number of amides is 1. The fourth-order valence-electron chi connectivity index (χ4n) is 3.38. The van der Waals surface area contributed by atoms with E-state index in [1.165, 1.54) is 35.5 Å². The molecule has 1 heterocycles. The van der Waals surface area contributed by atoms with Gasteiger partial charge in [-0.25, -0.2) is 13.2 Å². The summed E-state index contributed by atoms with van der Waals surface area (Å²) in [6.07, 6.45) is 0.944. The minimum absolute atomic E-state index is 0.138. The third-order valence-electron chi connectivity index (χ3n) is 5.38. The topological polar surface area (TPSA) is 114 Å². The van der Waals surface area contributed by atoms with Crippen LogP contribution in [0.25, 0.3) is 0 Å². The maximum atomic E-state index is 12.7. The van der Waals surface area contributed by atoms with E-state index in [2.05, 4.69) is 17.6 Å². The second-order valence-electron chi connectivity index (χ2n) is 7.90. The van der Waals surface area contributed by atoms with Gasteiger partial charge in [0.15, 0.2) is 6.10 Å². The monoisotopic (exact) mass is 489 g/mol. The lowest BCUT2D eigenvalue weighted by Gasteiger charge is -2.26. The molecule has 0 spiro atoms. The molecule has 0 radical (unpaired) electrons. The maximum absolute atomic E-state index is 12.7. The Labute approximate surface area is 200 Å². The van der Waals surface area contributed by atoms with Crippen molar-refractivity contribution in [3.05, 3.63) is 54.1 Å². The van der Waals surface area contributed by atoms with Crippen LogP contribution < -0.4 is 10.6 Å². The minimum atomic E-state index is -3.62. The summed E-state index contributed by atoms with van der Waals surface area (Å²) in [4.78, 5) is 25.3. The summed E-state index contributed by atoms with van der Waals surface area (Å²) in [6.45, 7) is 5.64. The highest BCUT2D eigenvalue weighted by molar-refractivity contribution is 7.89. The van der Waals surface area contributed by atoms with E-state index in [4.69, 9.17) is 9.47 Å². The molecule has 10 heteroatoms. The number of para-hydroxylation sites is 1. The van der Waals surface area contributed by atoms with Crippen molar-refractivity contribution < 1.29 is 27.5 Å². The average Bonchev–Trinajstić information content (AvgIpc) is 2.85. The largest absolute Gasteiger partial charge is 0.449 e. The van der Waals surface area contributed by atoms with Gasteiger partial charge >= 0.3 is 5.97 Å². The number of ether oxygens (including phenoxy) is 2. The van der Waals surface area contributed by atoms with Gasteiger partial charge in [0.1, 0.15) is 0 Å². The van der Waals surface area contributed by atoms with Crippen LogP contribution in [-0.4, -0.2) is 63.6 Å². The first-order chi connectivity index (χ1) is 16.3. The Kier molecular flexibility index (Phi) is 9.03. The SMILES string of the molecule is CCCCNc1ccccc1C(=O)OC(C)C(=O)Nc1ccc(S(=O)(=O)N2CCOCC2)cc1. The molecule has 2 aromatic carbocycles. The van der Waals surface area contributed by atoms with Gasteiger partial charge in [0.2, 0.25) is 10.0 Å². The molecule has 1 saturated heterocycles. The van der Waals surface area contributed by atoms with Crippen LogP contribution in [0.2, 0.25) is 0 Å². The lowest BCUT2D eigenvalue weighted by molar-refractivity contribution is -0.123. The van der Waals surface area contributed by atoms with Crippen LogP contribution in [0.5, 0.6) is 0 Å². The number of unbranched alkanes of at least 4 members (excludes halogenated alkanes) is 1. The van der Waals surface area contributed by atoms with Gasteiger partial charge in [-0.3, -0.25) is 4.79 Å². The van der Waals surface area contributed by atoms with Crippen LogP contribution in [0.4, 0.5) is 11.4 Å². The molecule has 1 aliphatic heterocycles. The van der Waals surface area contributed by atoms with E-state index in [1.807, 2.05) is 6.07 Å². The summed E-state index contributed by atoms with van der Waals surface area (Å²) >= 11 is 0. The van der Waals surface area contributed by atoms with Crippen LogP contribution in [-0.2, 0) is 24.3 Å². The van der Waals surface area contributed by atoms with Crippen LogP contribution in [0, 0.1) is 0 Å². The van der Waals surface area contributed by atoms with Gasteiger partial charge in [-0.1, -0.05) is 25.5 Å². The molecule has 9 nitrogen and oxygen atoms in total. The van der Waals surface area contributed by atoms with E-state index >= 15 is 0 Å². The Balaban J connectivity index is 1.59. The Hall–Kier alpha value is -2.95. The zero-order valence-electron chi connectivity index (χ0n) is 19.5. The molecule has 0 aromatic heterocycles. The molecular formula is C24H31N3O6S. The smallest absolute Gasteiger partial charge is 0.341 e. The number of nitrogens with zero attached hydrogens (tertiary/aromatic N) is 1. The van der Waals surface area contributed by atoms with Crippen molar-refractivity contribution in [1.29, 1.82) is 0 Å². The number of sulfonamides is 1. The standard InChI is InChI=1S/C24H31N3O6S/c1-3-4-13-25-22-8-6-5-7-21(22)24(29)33-18(2)23(28)26-19-9-11-20(12-10-19)34(30,31)27-14-16-32-17-15-27/h5-12,18,25H,3-4,13-17H2,1-2H3,(H,26,28). The second kappa shape index (κ2) is 12.0. The first kappa shape index (κ1) is 25.7. The number of benzene rings is 2. The fraction of sp³-hybridized carbons (Fsp3) is 0.417. The molecule has 2 N–H and O–H groups in total. The minimum Gasteiger partial charge on any atom is -0.449 e. The van der Waals surface area contributed by atoms with E-state index in [0.29, 0.717) is 43.2 Å². The van der Waals surface area contributed by atoms with Crippen LogP contribution >= 0.6 is 0 Å². The lowest BCUT2D eigenvalue weighted by atomic mass is 10.1. The first-order valence-corrected chi connectivity index (χ1v) is 12.8. The maximum Gasteiger partial charge on any atom is 0.341 e. The Bertz CT molecular complexity index is 1080. The summed E-state index contributed by atoms with van der Waals surface area (Å²) in [6, 6.07) is 12.9. The zero-order valence-corrected chi connectivity index (χ0v) is 20.3. The van der Waals surface area contributed by atoms with Crippen molar-refractivity contribution in [3.63, 3.8) is 0 Å². The number of carbonyl (C=O) groups is 2. The number of hydrogen-bond acceptors (Lipinski definition) is 7. The zero-order chi connectivity index (χ0) is 24.6. The van der Waals surface area contributed by atoms with E-state index in [0.717, 1.165) is 19.4 Å². The van der Waals surface area contributed by atoms with Crippen molar-refractivity contribution >= 4 is 33.3 Å². The van der Waals surface area contributed by atoms with E-state index in [1.54, 1.807) is 18.2 Å². The normalized spacial score (nSPS) is 15.4. The van der Waals surface area contributed by atoms with Gasteiger partial charge in [-0.2, -0.15) is 4.31 Å². The van der Waals surface area contributed by atoms with Crippen molar-refractivity contribution in [3.8, 4) is 0 Å². The summed E-state index contributed by atoms with van der Waals surface area (Å²) in [7, 11) is -3.62. The van der Waals surface area contributed by atoms with Gasteiger partial charge in [0.05, 0.1) is 23.7 Å². The third kappa shape index (κ3) is 6.55. The van der Waals surface area contributed by atoms with Gasteiger partial charge in [0, 0.05) is 31.0 Å². The molecule has 184 valence electrons. The molecule has 1 unspecified atom stereocenters. The number of morpholine rings is 1. The molecular weight excluding hydrogens is 458 g/mol. The highest BCUT2D eigenvalue weighted by Crippen LogP contribution is 2.20. The molecule has 34 heavy (non-hydrogen) atoms. The van der Waals surface area contributed by atoms with E-state index in [9.17, 15) is 18.0 Å². The van der Waals surface area contributed by atoms with Crippen molar-refractivity contribution in [2.75, 3.05) is 43.5 Å². The third-order valence-corrected chi connectivity index (χ3v) is 7.29. The van der Waals surface area contributed by atoms with E-state index in [-0.39, 0.29) is 4.90 Å². The quantitative estimate of drug-likeness (QED) is 0.389. The Morgan fingerprint density at radius 2 is 1.76 bits per heavy atom. The van der Waals surface area contributed by atoms with Crippen molar-refractivity contribution in [2.24, 2.45) is 0 Å². The van der Waals surface area contributed by atoms with E-state index < -0.39 is 28.0 Å². The van der Waals surface area contributed by atoms with Crippen LogP contribution in [0.3, 0.4) is 0 Å². The highest BCUT2D eigenvalue weighted by Gasteiger charge is 2.26.